The Morgan fingerprint density at radius 3 is 2.93 bits per heavy atom. The first kappa shape index (κ1) is 9.15. The van der Waals surface area contributed by atoms with Gasteiger partial charge in [0, 0.05) is 0 Å². The lowest BCUT2D eigenvalue weighted by Crippen LogP contribution is -2.17. The van der Waals surface area contributed by atoms with E-state index < -0.39 is 0 Å². The minimum Gasteiger partial charge on any atom is -0.309 e. The zero-order valence-corrected chi connectivity index (χ0v) is 8.60. The molecule has 0 radical (unpaired) electrons. The number of carbonyl (C=O) groups excluding carboxylic acids is 1. The third-order valence-electron chi connectivity index (χ3n) is 1.99. The summed E-state index contributed by atoms with van der Waals surface area (Å²) in [7, 11) is 0. The maximum absolute atomic E-state index is 11.0. The molecule has 1 aromatic carbocycles. The molecule has 1 heterocycles. The molecule has 2 rings (SSSR count). The fourth-order valence-corrected chi connectivity index (χ4v) is 2.33. The summed E-state index contributed by atoms with van der Waals surface area (Å²) in [5.74, 6) is 0.0760. The van der Waals surface area contributed by atoms with Crippen molar-refractivity contribution < 1.29 is 4.79 Å². The number of ketones is 1. The molecular weight excluding hydrogens is 196 g/mol. The normalized spacial score (nSPS) is 10.6. The lowest BCUT2D eigenvalue weighted by molar-refractivity contribution is -0.117. The summed E-state index contributed by atoms with van der Waals surface area (Å²) in [5.41, 5.74) is 0.970. The fraction of sp³-hybridized carbons (Fsp3) is 0.200. The molecule has 0 saturated carbocycles. The number of thiazole rings is 1. The molecule has 1 aromatic heterocycles. The number of nitrogens with one attached hydrogen (secondary N) is 1. The first-order chi connectivity index (χ1) is 6.68. The highest BCUT2D eigenvalue weighted by Gasteiger charge is 2.05. The number of aromatic nitrogens is 1. The molecule has 0 aliphatic carbocycles. The van der Waals surface area contributed by atoms with Crippen molar-refractivity contribution in [3.05, 3.63) is 29.1 Å². The van der Waals surface area contributed by atoms with Crippen LogP contribution in [-0.2, 0) is 11.3 Å². The molecule has 3 nitrogen and oxygen atoms in total. The second-order valence-corrected chi connectivity index (χ2v) is 4.19. The summed E-state index contributed by atoms with van der Waals surface area (Å²) < 4.78 is 2.79. The first-order valence-corrected chi connectivity index (χ1v) is 5.12. The Bertz CT molecular complexity index is 538. The van der Waals surface area contributed by atoms with Gasteiger partial charge in [-0.3, -0.25) is 10.2 Å². The monoisotopic (exact) mass is 206 g/mol. The second kappa shape index (κ2) is 3.38. The van der Waals surface area contributed by atoms with Gasteiger partial charge in [-0.15, -0.1) is 0 Å². The largest absolute Gasteiger partial charge is 0.309 e. The highest BCUT2D eigenvalue weighted by molar-refractivity contribution is 7.16. The minimum absolute atomic E-state index is 0.0760. The van der Waals surface area contributed by atoms with Crippen LogP contribution in [0.25, 0.3) is 10.2 Å². The second-order valence-electron chi connectivity index (χ2n) is 3.16. The summed E-state index contributed by atoms with van der Waals surface area (Å²) in [6.07, 6.45) is 0. The molecule has 72 valence electrons. The van der Waals surface area contributed by atoms with Gasteiger partial charge in [0.2, 0.25) is 0 Å². The molecule has 0 atom stereocenters. The maximum atomic E-state index is 11.0. The van der Waals surface area contributed by atoms with E-state index >= 15 is 0 Å². The molecule has 0 saturated heterocycles. The van der Waals surface area contributed by atoms with Crippen molar-refractivity contribution in [2.45, 2.75) is 13.5 Å². The number of Topliss-reactive ketones (excluding diaryl/α,β-unsaturated/α-hetero) is 1. The van der Waals surface area contributed by atoms with Crippen molar-refractivity contribution >= 4 is 27.3 Å². The first-order valence-electron chi connectivity index (χ1n) is 4.31. The van der Waals surface area contributed by atoms with E-state index in [1.807, 2.05) is 24.3 Å². The Morgan fingerprint density at radius 2 is 2.21 bits per heavy atom. The van der Waals surface area contributed by atoms with Gasteiger partial charge in [0.1, 0.15) is 5.78 Å². The van der Waals surface area contributed by atoms with Crippen LogP contribution in [0.4, 0.5) is 0 Å². The number of para-hydroxylation sites is 1. The molecular formula is C10H10N2OS. The van der Waals surface area contributed by atoms with Crippen LogP contribution in [0.3, 0.4) is 0 Å². The lowest BCUT2D eigenvalue weighted by Gasteiger charge is -1.99. The van der Waals surface area contributed by atoms with Gasteiger partial charge >= 0.3 is 0 Å². The number of hydrogen-bond acceptors (Lipinski definition) is 3. The van der Waals surface area contributed by atoms with Crippen LogP contribution in [0.1, 0.15) is 6.92 Å². The molecule has 0 spiro atoms. The SMILES string of the molecule is CC(=O)Cn1c(=N)sc2ccccc21. The van der Waals surface area contributed by atoms with E-state index in [-0.39, 0.29) is 5.78 Å². The lowest BCUT2D eigenvalue weighted by atomic mass is 10.3. The molecule has 0 fully saturated rings. The van der Waals surface area contributed by atoms with Crippen LogP contribution in [0.5, 0.6) is 0 Å². The Balaban J connectivity index is 2.68. The van der Waals surface area contributed by atoms with Gasteiger partial charge < -0.3 is 4.57 Å². The van der Waals surface area contributed by atoms with E-state index in [9.17, 15) is 4.79 Å². The van der Waals surface area contributed by atoms with Crippen LogP contribution in [0.2, 0.25) is 0 Å². The Morgan fingerprint density at radius 1 is 1.50 bits per heavy atom. The van der Waals surface area contributed by atoms with Crippen molar-refractivity contribution in [1.29, 1.82) is 5.41 Å². The van der Waals surface area contributed by atoms with Crippen molar-refractivity contribution in [3.8, 4) is 0 Å². The highest BCUT2D eigenvalue weighted by Crippen LogP contribution is 2.15. The molecule has 2 aromatic rings. The van der Waals surface area contributed by atoms with Crippen molar-refractivity contribution in [2.75, 3.05) is 0 Å². The average Bonchev–Trinajstić information content (AvgIpc) is 2.43. The predicted molar refractivity (Wildman–Crippen MR) is 56.4 cm³/mol. The molecule has 0 unspecified atom stereocenters. The van der Waals surface area contributed by atoms with Crippen LogP contribution < -0.4 is 4.80 Å². The van der Waals surface area contributed by atoms with Crippen molar-refractivity contribution in [2.24, 2.45) is 0 Å². The molecule has 0 bridgehead atoms. The number of benzene rings is 1. The van der Waals surface area contributed by atoms with Gasteiger partial charge in [0.25, 0.3) is 0 Å². The van der Waals surface area contributed by atoms with Crippen molar-refractivity contribution in [1.82, 2.24) is 4.57 Å². The smallest absolute Gasteiger partial charge is 0.183 e. The van der Waals surface area contributed by atoms with E-state index in [2.05, 4.69) is 0 Å². The molecule has 1 N–H and O–H groups in total. The standard InChI is InChI=1S/C10H10N2OS/c1-7(13)6-12-8-4-2-3-5-9(8)14-10(12)11/h2-5,11H,6H2,1H3. The third-order valence-corrected chi connectivity index (χ3v) is 2.97. The number of nitrogens with zero attached hydrogens (tertiary/aromatic N) is 1. The molecule has 0 aliphatic heterocycles. The summed E-state index contributed by atoms with van der Waals surface area (Å²) >= 11 is 1.40. The quantitative estimate of drug-likeness (QED) is 0.799. The number of fused-ring (bicyclic) bond motifs is 1. The maximum Gasteiger partial charge on any atom is 0.183 e. The van der Waals surface area contributed by atoms with E-state index in [1.165, 1.54) is 11.3 Å². The van der Waals surface area contributed by atoms with E-state index in [4.69, 9.17) is 5.41 Å². The van der Waals surface area contributed by atoms with Crippen LogP contribution in [0.15, 0.2) is 24.3 Å². The predicted octanol–water partition coefficient (Wildman–Crippen LogP) is 1.77. The van der Waals surface area contributed by atoms with Crippen LogP contribution >= 0.6 is 11.3 Å². The summed E-state index contributed by atoms with van der Waals surface area (Å²) in [4.78, 5) is 11.4. The van der Waals surface area contributed by atoms with Crippen LogP contribution in [-0.4, -0.2) is 10.4 Å². The summed E-state index contributed by atoms with van der Waals surface area (Å²) in [5, 5.41) is 7.72. The molecule has 14 heavy (non-hydrogen) atoms. The Labute approximate surface area is 85.1 Å². The van der Waals surface area contributed by atoms with Gasteiger partial charge in [0.05, 0.1) is 16.8 Å². The number of hydrogen-bond donors (Lipinski definition) is 1. The van der Waals surface area contributed by atoms with Gasteiger partial charge in [-0.1, -0.05) is 23.5 Å². The fourth-order valence-electron chi connectivity index (χ4n) is 1.41. The zero-order valence-electron chi connectivity index (χ0n) is 7.78. The summed E-state index contributed by atoms with van der Waals surface area (Å²) in [6.45, 7) is 1.84. The van der Waals surface area contributed by atoms with E-state index in [0.717, 1.165) is 10.2 Å². The molecule has 4 heteroatoms. The van der Waals surface area contributed by atoms with Gasteiger partial charge in [0.15, 0.2) is 4.80 Å². The average molecular weight is 206 g/mol. The van der Waals surface area contributed by atoms with Gasteiger partial charge in [-0.25, -0.2) is 0 Å². The third kappa shape index (κ3) is 1.48. The molecule has 0 aliphatic rings. The Hall–Kier alpha value is -1.42. The molecule has 0 amide bonds. The Kier molecular flexibility index (Phi) is 2.21. The topological polar surface area (TPSA) is 45.9 Å². The van der Waals surface area contributed by atoms with Crippen LogP contribution in [0, 0.1) is 5.41 Å². The minimum atomic E-state index is 0.0760. The number of carbonyl (C=O) groups is 1. The van der Waals surface area contributed by atoms with Gasteiger partial charge in [-0.05, 0) is 19.1 Å². The summed E-state index contributed by atoms with van der Waals surface area (Å²) in [6, 6.07) is 7.77. The van der Waals surface area contributed by atoms with E-state index in [1.54, 1.807) is 11.5 Å². The zero-order chi connectivity index (χ0) is 10.1. The van der Waals surface area contributed by atoms with Crippen molar-refractivity contribution in [3.63, 3.8) is 0 Å². The van der Waals surface area contributed by atoms with E-state index in [0.29, 0.717) is 11.3 Å². The number of rotatable bonds is 2. The highest BCUT2D eigenvalue weighted by atomic mass is 32.1. The van der Waals surface area contributed by atoms with Gasteiger partial charge in [-0.2, -0.15) is 0 Å².